The molecule has 0 heterocycles. The lowest BCUT2D eigenvalue weighted by Crippen LogP contribution is -1.80. The summed E-state index contributed by atoms with van der Waals surface area (Å²) >= 11 is 0. The van der Waals surface area contributed by atoms with Crippen molar-refractivity contribution in [3.05, 3.63) is 47.5 Å². The number of carbonyl (C=O) groups is 1. The van der Waals surface area contributed by atoms with Gasteiger partial charge in [0.2, 0.25) is 0 Å². The fourth-order valence-corrected chi connectivity index (χ4v) is 1.46. The Labute approximate surface area is 97.1 Å². The van der Waals surface area contributed by atoms with Crippen molar-refractivity contribution < 1.29 is 4.79 Å². The zero-order chi connectivity index (χ0) is 12.0. The molecular weight excluding hydrogens is 196 g/mol. The Balaban J connectivity index is 0.000000386. The van der Waals surface area contributed by atoms with Gasteiger partial charge in [0.15, 0.2) is 0 Å². The highest BCUT2D eigenvalue weighted by molar-refractivity contribution is 5.89. The molecule has 0 aliphatic rings. The average molecular weight is 214 g/mol. The number of rotatable bonds is 1. The first kappa shape index (κ1) is 12.4. The van der Waals surface area contributed by atoms with Crippen LogP contribution in [0.5, 0.6) is 0 Å². The maximum Gasteiger partial charge on any atom is 0.150 e. The van der Waals surface area contributed by atoms with Gasteiger partial charge in [-0.05, 0) is 23.8 Å². The smallest absolute Gasteiger partial charge is 0.150 e. The van der Waals surface area contributed by atoms with Gasteiger partial charge < -0.3 is 0 Å². The second kappa shape index (κ2) is 6.06. The Morgan fingerprint density at radius 1 is 1.00 bits per heavy atom. The van der Waals surface area contributed by atoms with Crippen LogP contribution in [0.2, 0.25) is 0 Å². The zero-order valence-electron chi connectivity index (χ0n) is 10.2. The van der Waals surface area contributed by atoms with E-state index in [0.717, 1.165) is 17.2 Å². The van der Waals surface area contributed by atoms with Crippen molar-refractivity contribution in [2.75, 3.05) is 0 Å². The van der Waals surface area contributed by atoms with Crippen molar-refractivity contribution in [3.8, 4) is 0 Å². The number of hydrogen-bond acceptors (Lipinski definition) is 1. The van der Waals surface area contributed by atoms with Gasteiger partial charge in [-0.3, -0.25) is 4.79 Å². The fourth-order valence-electron chi connectivity index (χ4n) is 1.46. The number of aldehydes is 1. The molecule has 0 amide bonds. The van der Waals surface area contributed by atoms with E-state index >= 15 is 0 Å². The van der Waals surface area contributed by atoms with Gasteiger partial charge in [0.1, 0.15) is 6.29 Å². The molecule has 0 spiro atoms. The number of hydrogen-bond donors (Lipinski definition) is 0. The molecule has 16 heavy (non-hydrogen) atoms. The Bertz CT molecular complexity index is 472. The van der Waals surface area contributed by atoms with Crippen molar-refractivity contribution in [2.24, 2.45) is 0 Å². The van der Waals surface area contributed by atoms with Crippen molar-refractivity contribution in [3.63, 3.8) is 0 Å². The van der Waals surface area contributed by atoms with E-state index in [1.807, 2.05) is 24.3 Å². The van der Waals surface area contributed by atoms with E-state index in [9.17, 15) is 4.79 Å². The van der Waals surface area contributed by atoms with Crippen molar-refractivity contribution >= 4 is 17.1 Å². The lowest BCUT2D eigenvalue weighted by Gasteiger charge is -1.99. The zero-order valence-corrected chi connectivity index (χ0v) is 10.2. The summed E-state index contributed by atoms with van der Waals surface area (Å²) in [5.74, 6) is 0. The normalized spacial score (nSPS) is 9.44. The number of carbonyl (C=O) groups excluding carboxylic acids is 1. The van der Waals surface area contributed by atoms with Crippen LogP contribution in [0.3, 0.4) is 0 Å². The molecule has 0 radical (unpaired) electrons. The highest BCUT2D eigenvalue weighted by Crippen LogP contribution is 2.16. The monoisotopic (exact) mass is 214 g/mol. The molecule has 1 heteroatoms. The Morgan fingerprint density at radius 3 is 2.19 bits per heavy atom. The number of benzene rings is 2. The first-order chi connectivity index (χ1) is 7.71. The molecule has 0 aliphatic carbocycles. The van der Waals surface area contributed by atoms with Crippen LogP contribution >= 0.6 is 0 Å². The molecule has 0 aromatic heterocycles. The van der Waals surface area contributed by atoms with E-state index in [1.54, 1.807) is 0 Å². The van der Waals surface area contributed by atoms with Crippen molar-refractivity contribution in [1.29, 1.82) is 0 Å². The van der Waals surface area contributed by atoms with Crippen LogP contribution in [0.15, 0.2) is 36.4 Å². The maximum absolute atomic E-state index is 10.5. The van der Waals surface area contributed by atoms with Gasteiger partial charge in [0, 0.05) is 5.56 Å². The Hall–Kier alpha value is -1.63. The second-order valence-corrected chi connectivity index (χ2v) is 3.94. The quantitative estimate of drug-likeness (QED) is 0.644. The first-order valence-electron chi connectivity index (χ1n) is 5.66. The highest BCUT2D eigenvalue weighted by Gasteiger charge is 1.95. The van der Waals surface area contributed by atoms with Gasteiger partial charge in [-0.2, -0.15) is 0 Å². The maximum atomic E-state index is 10.5. The third kappa shape index (κ3) is 3.20. The largest absolute Gasteiger partial charge is 0.298 e. The third-order valence-electron chi connectivity index (χ3n) is 2.16. The SMILES string of the molecule is CCC.Cc1ccc2cc(C=O)ccc2c1. The molecule has 0 N–H and O–H groups in total. The lowest BCUT2D eigenvalue weighted by atomic mass is 10.1. The molecular formula is C15H18O. The molecule has 1 nitrogen and oxygen atoms in total. The summed E-state index contributed by atoms with van der Waals surface area (Å²) in [5.41, 5.74) is 1.97. The van der Waals surface area contributed by atoms with Gasteiger partial charge >= 0.3 is 0 Å². The standard InChI is InChI=1S/C12H10O.C3H8/c1-9-2-4-12-7-10(8-13)3-5-11(12)6-9;1-3-2/h2-8H,1H3;3H2,1-2H3. The minimum Gasteiger partial charge on any atom is -0.298 e. The number of aryl methyl sites for hydroxylation is 1. The van der Waals surface area contributed by atoms with Crippen LogP contribution in [0, 0.1) is 6.92 Å². The first-order valence-corrected chi connectivity index (χ1v) is 5.66. The molecule has 0 saturated heterocycles. The lowest BCUT2D eigenvalue weighted by molar-refractivity contribution is 0.112. The number of fused-ring (bicyclic) bond motifs is 1. The highest BCUT2D eigenvalue weighted by atomic mass is 16.1. The molecule has 2 aromatic rings. The van der Waals surface area contributed by atoms with Crippen LogP contribution in [0.4, 0.5) is 0 Å². The summed E-state index contributed by atoms with van der Waals surface area (Å²) in [6.45, 7) is 6.31. The second-order valence-electron chi connectivity index (χ2n) is 3.94. The predicted octanol–water partition coefficient (Wildman–Crippen LogP) is 4.38. The van der Waals surface area contributed by atoms with E-state index in [0.29, 0.717) is 0 Å². The summed E-state index contributed by atoms with van der Waals surface area (Å²) in [7, 11) is 0. The predicted molar refractivity (Wildman–Crippen MR) is 70.0 cm³/mol. The molecule has 0 atom stereocenters. The van der Waals surface area contributed by atoms with Gasteiger partial charge in [-0.1, -0.05) is 56.2 Å². The average Bonchev–Trinajstić information content (AvgIpc) is 2.29. The van der Waals surface area contributed by atoms with E-state index in [4.69, 9.17) is 0 Å². The summed E-state index contributed by atoms with van der Waals surface area (Å²) < 4.78 is 0. The van der Waals surface area contributed by atoms with Crippen molar-refractivity contribution in [2.45, 2.75) is 27.2 Å². The molecule has 2 rings (SSSR count). The molecule has 0 aliphatic heterocycles. The minimum atomic E-state index is 0.733. The Morgan fingerprint density at radius 2 is 1.56 bits per heavy atom. The van der Waals surface area contributed by atoms with Gasteiger partial charge in [0.25, 0.3) is 0 Å². The van der Waals surface area contributed by atoms with Crippen LogP contribution in [0.1, 0.15) is 36.2 Å². The van der Waals surface area contributed by atoms with Crippen LogP contribution in [0.25, 0.3) is 10.8 Å². The molecule has 84 valence electrons. The van der Waals surface area contributed by atoms with Crippen LogP contribution in [-0.4, -0.2) is 6.29 Å². The topological polar surface area (TPSA) is 17.1 Å². The molecule has 0 bridgehead atoms. The van der Waals surface area contributed by atoms with E-state index in [1.165, 1.54) is 17.4 Å². The van der Waals surface area contributed by atoms with E-state index in [2.05, 4.69) is 32.9 Å². The van der Waals surface area contributed by atoms with Gasteiger partial charge in [-0.25, -0.2) is 0 Å². The van der Waals surface area contributed by atoms with Crippen molar-refractivity contribution in [1.82, 2.24) is 0 Å². The molecule has 2 aromatic carbocycles. The molecule has 0 saturated carbocycles. The van der Waals surface area contributed by atoms with E-state index < -0.39 is 0 Å². The third-order valence-corrected chi connectivity index (χ3v) is 2.16. The molecule has 0 fully saturated rings. The van der Waals surface area contributed by atoms with Gasteiger partial charge in [0.05, 0.1) is 0 Å². The molecule has 0 unspecified atom stereocenters. The van der Waals surface area contributed by atoms with Crippen LogP contribution < -0.4 is 0 Å². The Kier molecular flexibility index (Phi) is 4.71. The summed E-state index contributed by atoms with van der Waals surface area (Å²) in [6.07, 6.45) is 2.12. The fraction of sp³-hybridized carbons (Fsp3) is 0.267. The summed E-state index contributed by atoms with van der Waals surface area (Å²) in [5, 5.41) is 2.31. The summed E-state index contributed by atoms with van der Waals surface area (Å²) in [6, 6.07) is 11.9. The van der Waals surface area contributed by atoms with E-state index in [-0.39, 0.29) is 0 Å². The summed E-state index contributed by atoms with van der Waals surface area (Å²) in [4.78, 5) is 10.5. The minimum absolute atomic E-state index is 0.733. The van der Waals surface area contributed by atoms with Crippen LogP contribution in [-0.2, 0) is 0 Å². The van der Waals surface area contributed by atoms with Gasteiger partial charge in [-0.15, -0.1) is 0 Å².